The van der Waals surface area contributed by atoms with E-state index in [-0.39, 0.29) is 18.0 Å². The second-order valence-corrected chi connectivity index (χ2v) is 6.75. The molecular formula is C19H26N2O4. The van der Waals surface area contributed by atoms with Gasteiger partial charge in [0.15, 0.2) is 11.5 Å². The molecule has 2 aliphatic heterocycles. The van der Waals surface area contributed by atoms with Gasteiger partial charge in [-0.15, -0.1) is 0 Å². The van der Waals surface area contributed by atoms with Crippen LogP contribution >= 0.6 is 0 Å². The van der Waals surface area contributed by atoms with Gasteiger partial charge in [-0.2, -0.15) is 0 Å². The number of methoxy groups -OCH3 is 2. The molecular weight excluding hydrogens is 320 g/mol. The highest BCUT2D eigenvalue weighted by molar-refractivity contribution is 6.06. The van der Waals surface area contributed by atoms with Crippen LogP contribution in [0, 0.1) is 0 Å². The Morgan fingerprint density at radius 1 is 1.20 bits per heavy atom. The number of carbonyl (C=O) groups excluding carboxylic acids is 1. The first-order chi connectivity index (χ1) is 12.1. The van der Waals surface area contributed by atoms with E-state index in [1.807, 2.05) is 23.1 Å². The first kappa shape index (κ1) is 17.6. The van der Waals surface area contributed by atoms with Gasteiger partial charge in [0.05, 0.1) is 19.9 Å². The van der Waals surface area contributed by atoms with Crippen molar-refractivity contribution in [2.45, 2.75) is 57.7 Å². The van der Waals surface area contributed by atoms with Crippen LogP contribution in [0.25, 0.3) is 0 Å². The summed E-state index contributed by atoms with van der Waals surface area (Å²) >= 11 is 0. The van der Waals surface area contributed by atoms with Crippen molar-refractivity contribution >= 4 is 11.6 Å². The highest BCUT2D eigenvalue weighted by Crippen LogP contribution is 2.34. The van der Waals surface area contributed by atoms with Gasteiger partial charge in [-0.25, -0.2) is 0 Å². The molecule has 1 aromatic rings. The molecule has 0 unspecified atom stereocenters. The van der Waals surface area contributed by atoms with E-state index in [1.165, 1.54) is 6.42 Å². The first-order valence-electron chi connectivity index (χ1n) is 8.83. The minimum absolute atomic E-state index is 0.0281. The monoisotopic (exact) mass is 346 g/mol. The van der Waals surface area contributed by atoms with Crippen molar-refractivity contribution in [3.8, 4) is 11.5 Å². The highest BCUT2D eigenvalue weighted by atomic mass is 16.6. The lowest BCUT2D eigenvalue weighted by Gasteiger charge is -2.39. The lowest BCUT2D eigenvalue weighted by molar-refractivity contribution is -0.148. The minimum Gasteiger partial charge on any atom is -0.493 e. The SMILES string of the molecule is COc1cccc(C2=NO[C@H](C(=O)N3[C@H](C)CCC[C@@H]3C)C2)c1OC. The van der Waals surface area contributed by atoms with Crippen molar-refractivity contribution in [2.24, 2.45) is 5.16 Å². The standard InChI is InChI=1S/C19H26N2O4/c1-12-7-5-8-13(2)21(12)19(22)17-11-15(20-25-17)14-9-6-10-16(23-3)18(14)24-4/h6,9-10,12-13,17H,5,7-8,11H2,1-4H3/t12-,13+,17-/m0/s1. The molecule has 25 heavy (non-hydrogen) atoms. The number of hydrogen-bond donors (Lipinski definition) is 0. The molecule has 0 aliphatic carbocycles. The number of benzene rings is 1. The fourth-order valence-corrected chi connectivity index (χ4v) is 3.81. The lowest BCUT2D eigenvalue weighted by atomic mass is 9.95. The van der Waals surface area contributed by atoms with Gasteiger partial charge in [0.1, 0.15) is 0 Å². The molecule has 1 amide bonds. The molecule has 6 nitrogen and oxygen atoms in total. The van der Waals surface area contributed by atoms with Crippen LogP contribution in [0.5, 0.6) is 11.5 Å². The number of likely N-dealkylation sites (tertiary alicyclic amines) is 1. The van der Waals surface area contributed by atoms with E-state index in [0.29, 0.717) is 23.6 Å². The summed E-state index contributed by atoms with van der Waals surface area (Å²) in [5, 5.41) is 4.17. The van der Waals surface area contributed by atoms with Gasteiger partial charge >= 0.3 is 0 Å². The molecule has 1 saturated heterocycles. The molecule has 3 atom stereocenters. The van der Waals surface area contributed by atoms with Gasteiger partial charge in [0.2, 0.25) is 6.10 Å². The van der Waals surface area contributed by atoms with E-state index < -0.39 is 6.10 Å². The van der Waals surface area contributed by atoms with Crippen LogP contribution in [0.2, 0.25) is 0 Å². The van der Waals surface area contributed by atoms with E-state index in [4.69, 9.17) is 14.3 Å². The number of carbonyl (C=O) groups is 1. The van der Waals surface area contributed by atoms with Crippen LogP contribution in [-0.4, -0.2) is 48.9 Å². The Balaban J connectivity index is 1.76. The Morgan fingerprint density at radius 3 is 2.56 bits per heavy atom. The average molecular weight is 346 g/mol. The molecule has 0 aromatic heterocycles. The molecule has 6 heteroatoms. The summed E-state index contributed by atoms with van der Waals surface area (Å²) in [6, 6.07) is 6.11. The third-order valence-electron chi connectivity index (χ3n) is 5.11. The number of rotatable bonds is 4. The maximum Gasteiger partial charge on any atom is 0.267 e. The normalized spacial score (nSPS) is 26.0. The summed E-state index contributed by atoms with van der Waals surface area (Å²) < 4.78 is 10.8. The zero-order chi connectivity index (χ0) is 18.0. The minimum atomic E-state index is -0.561. The Labute approximate surface area is 148 Å². The first-order valence-corrected chi connectivity index (χ1v) is 8.83. The predicted octanol–water partition coefficient (Wildman–Crippen LogP) is 2.99. The van der Waals surface area contributed by atoms with Crippen LogP contribution in [0.1, 0.15) is 45.1 Å². The molecule has 1 fully saturated rings. The fraction of sp³-hybridized carbons (Fsp3) is 0.579. The van der Waals surface area contributed by atoms with E-state index in [9.17, 15) is 4.79 Å². The van der Waals surface area contributed by atoms with Gasteiger partial charge < -0.3 is 19.2 Å². The van der Waals surface area contributed by atoms with Crippen LogP contribution in [0.15, 0.2) is 23.4 Å². The highest BCUT2D eigenvalue weighted by Gasteiger charge is 2.38. The Bertz CT molecular complexity index is 663. The predicted molar refractivity (Wildman–Crippen MR) is 95.2 cm³/mol. The molecule has 0 saturated carbocycles. The quantitative estimate of drug-likeness (QED) is 0.841. The summed E-state index contributed by atoms with van der Waals surface area (Å²) in [4.78, 5) is 20.4. The topological polar surface area (TPSA) is 60.4 Å². The van der Waals surface area contributed by atoms with Gasteiger partial charge in [-0.1, -0.05) is 11.2 Å². The van der Waals surface area contributed by atoms with Crippen molar-refractivity contribution in [3.05, 3.63) is 23.8 Å². The number of nitrogens with zero attached hydrogens (tertiary/aromatic N) is 2. The number of piperidine rings is 1. The number of para-hydroxylation sites is 1. The van der Waals surface area contributed by atoms with Crippen molar-refractivity contribution < 1.29 is 19.1 Å². The van der Waals surface area contributed by atoms with Gasteiger partial charge in [-0.3, -0.25) is 4.79 Å². The summed E-state index contributed by atoms with van der Waals surface area (Å²) in [5.74, 6) is 1.27. The maximum atomic E-state index is 12.9. The maximum absolute atomic E-state index is 12.9. The van der Waals surface area contributed by atoms with E-state index >= 15 is 0 Å². The van der Waals surface area contributed by atoms with Gasteiger partial charge in [0.25, 0.3) is 5.91 Å². The second-order valence-electron chi connectivity index (χ2n) is 6.75. The molecule has 136 valence electrons. The molecule has 0 bridgehead atoms. The van der Waals surface area contributed by atoms with E-state index in [0.717, 1.165) is 18.4 Å². The Hall–Kier alpha value is -2.24. The van der Waals surface area contributed by atoms with Crippen LogP contribution in [-0.2, 0) is 9.63 Å². The molecule has 3 rings (SSSR count). The molecule has 1 aromatic carbocycles. The summed E-state index contributed by atoms with van der Waals surface area (Å²) in [7, 11) is 3.19. The van der Waals surface area contributed by atoms with Crippen molar-refractivity contribution in [3.63, 3.8) is 0 Å². The van der Waals surface area contributed by atoms with Crippen LogP contribution in [0.4, 0.5) is 0 Å². The number of hydrogen-bond acceptors (Lipinski definition) is 5. The average Bonchev–Trinajstić information content (AvgIpc) is 3.10. The van der Waals surface area contributed by atoms with Gasteiger partial charge in [0, 0.05) is 24.1 Å². The number of amides is 1. The number of oxime groups is 1. The lowest BCUT2D eigenvalue weighted by Crippen LogP contribution is -2.51. The third kappa shape index (κ3) is 3.30. The molecule has 0 spiro atoms. The second kappa shape index (κ2) is 7.33. The van der Waals surface area contributed by atoms with Crippen molar-refractivity contribution in [1.29, 1.82) is 0 Å². The summed E-state index contributed by atoms with van der Waals surface area (Å²) in [5.41, 5.74) is 1.52. The van der Waals surface area contributed by atoms with Crippen LogP contribution < -0.4 is 9.47 Å². The Kier molecular flexibility index (Phi) is 5.16. The zero-order valence-corrected chi connectivity index (χ0v) is 15.3. The largest absolute Gasteiger partial charge is 0.493 e. The molecule has 2 heterocycles. The van der Waals surface area contributed by atoms with Crippen molar-refractivity contribution in [2.75, 3.05) is 14.2 Å². The van der Waals surface area contributed by atoms with E-state index in [2.05, 4.69) is 19.0 Å². The van der Waals surface area contributed by atoms with Crippen LogP contribution in [0.3, 0.4) is 0 Å². The third-order valence-corrected chi connectivity index (χ3v) is 5.11. The van der Waals surface area contributed by atoms with Crippen molar-refractivity contribution in [1.82, 2.24) is 4.90 Å². The number of ether oxygens (including phenoxy) is 2. The molecule has 2 aliphatic rings. The molecule has 0 N–H and O–H groups in total. The summed E-state index contributed by atoms with van der Waals surface area (Å²) in [6.07, 6.45) is 3.13. The van der Waals surface area contributed by atoms with Gasteiger partial charge in [-0.05, 0) is 45.2 Å². The fourth-order valence-electron chi connectivity index (χ4n) is 3.81. The smallest absolute Gasteiger partial charge is 0.267 e. The summed E-state index contributed by atoms with van der Waals surface area (Å²) in [6.45, 7) is 4.21. The van der Waals surface area contributed by atoms with E-state index in [1.54, 1.807) is 14.2 Å². The zero-order valence-electron chi connectivity index (χ0n) is 15.3. The molecule has 0 radical (unpaired) electrons. The Morgan fingerprint density at radius 2 is 1.92 bits per heavy atom.